The highest BCUT2D eigenvalue weighted by Gasteiger charge is 2.12. The molecular weight excluding hydrogens is 296 g/mol. The van der Waals surface area contributed by atoms with Gasteiger partial charge in [-0.1, -0.05) is 0 Å². The Kier molecular flexibility index (Phi) is 3.71. The van der Waals surface area contributed by atoms with Gasteiger partial charge in [-0.3, -0.25) is 14.2 Å². The fraction of sp³-hybridized carbons (Fsp3) is 0.133. The number of hydrogen-bond donors (Lipinski definition) is 1. The first-order chi connectivity index (χ1) is 11.1. The zero-order valence-electron chi connectivity index (χ0n) is 12.6. The number of anilines is 1. The molecule has 8 nitrogen and oxygen atoms in total. The van der Waals surface area contributed by atoms with Gasteiger partial charge in [-0.2, -0.15) is 0 Å². The Labute approximate surface area is 131 Å². The minimum absolute atomic E-state index is 0.0598. The molecule has 0 aromatic carbocycles. The maximum absolute atomic E-state index is 12.2. The molecular formula is C15H14N6O2. The fourth-order valence-electron chi connectivity index (χ4n) is 2.07. The lowest BCUT2D eigenvalue weighted by atomic mass is 10.2. The van der Waals surface area contributed by atoms with E-state index < -0.39 is 5.91 Å². The Balaban J connectivity index is 1.81. The molecule has 1 N–H and O–H groups in total. The summed E-state index contributed by atoms with van der Waals surface area (Å²) in [6, 6.07) is 3.11. The highest BCUT2D eigenvalue weighted by atomic mass is 16.2. The second-order valence-electron chi connectivity index (χ2n) is 4.91. The van der Waals surface area contributed by atoms with E-state index in [1.807, 2.05) is 6.92 Å². The molecule has 0 saturated carbocycles. The lowest BCUT2D eigenvalue weighted by Crippen LogP contribution is -2.27. The molecule has 8 heteroatoms. The molecule has 3 heterocycles. The molecule has 0 aliphatic carbocycles. The average molecular weight is 310 g/mol. The first-order valence-corrected chi connectivity index (χ1v) is 6.85. The van der Waals surface area contributed by atoms with Gasteiger partial charge in [0.1, 0.15) is 11.4 Å². The SMILES string of the molecule is Cc1nccn1-c1ncc(NC(=O)c2cccn(C)c2=O)cn1. The van der Waals surface area contributed by atoms with Gasteiger partial charge >= 0.3 is 0 Å². The summed E-state index contributed by atoms with van der Waals surface area (Å²) in [5.74, 6) is 0.713. The van der Waals surface area contributed by atoms with E-state index in [0.29, 0.717) is 11.6 Å². The lowest BCUT2D eigenvalue weighted by molar-refractivity contribution is 0.102. The lowest BCUT2D eigenvalue weighted by Gasteiger charge is -2.07. The van der Waals surface area contributed by atoms with Gasteiger partial charge in [0.2, 0.25) is 5.95 Å². The fourth-order valence-corrected chi connectivity index (χ4v) is 2.07. The van der Waals surface area contributed by atoms with E-state index in [1.165, 1.54) is 23.0 Å². The van der Waals surface area contributed by atoms with Crippen molar-refractivity contribution in [1.29, 1.82) is 0 Å². The third-order valence-electron chi connectivity index (χ3n) is 3.31. The van der Waals surface area contributed by atoms with Crippen LogP contribution in [0.5, 0.6) is 0 Å². The number of rotatable bonds is 3. The predicted octanol–water partition coefficient (Wildman–Crippen LogP) is 0.922. The Morgan fingerprint density at radius 3 is 2.57 bits per heavy atom. The van der Waals surface area contributed by atoms with Crippen molar-refractivity contribution in [3.63, 3.8) is 0 Å². The number of hydrogen-bond acceptors (Lipinski definition) is 5. The van der Waals surface area contributed by atoms with Gasteiger partial charge in [-0.15, -0.1) is 0 Å². The van der Waals surface area contributed by atoms with E-state index in [-0.39, 0.29) is 11.1 Å². The second kappa shape index (κ2) is 5.84. The molecule has 0 atom stereocenters. The Morgan fingerprint density at radius 1 is 1.17 bits per heavy atom. The van der Waals surface area contributed by atoms with Crippen molar-refractivity contribution < 1.29 is 4.79 Å². The summed E-state index contributed by atoms with van der Waals surface area (Å²) in [4.78, 5) is 36.5. The van der Waals surface area contributed by atoms with E-state index in [0.717, 1.165) is 5.82 Å². The molecule has 0 fully saturated rings. The Bertz CT molecular complexity index is 910. The van der Waals surface area contributed by atoms with Gasteiger partial charge in [-0.05, 0) is 19.1 Å². The molecule has 0 aliphatic heterocycles. The van der Waals surface area contributed by atoms with Crippen LogP contribution in [0, 0.1) is 6.92 Å². The third-order valence-corrected chi connectivity index (χ3v) is 3.31. The maximum Gasteiger partial charge on any atom is 0.263 e. The molecule has 116 valence electrons. The first kappa shape index (κ1) is 14.6. The quantitative estimate of drug-likeness (QED) is 0.776. The molecule has 0 spiro atoms. The van der Waals surface area contributed by atoms with Gasteiger partial charge < -0.3 is 9.88 Å². The highest BCUT2D eigenvalue weighted by molar-refractivity contribution is 6.03. The number of carbonyl (C=O) groups is 1. The Hall–Kier alpha value is -3.29. The van der Waals surface area contributed by atoms with Crippen LogP contribution in [-0.2, 0) is 7.05 Å². The normalized spacial score (nSPS) is 10.5. The highest BCUT2D eigenvalue weighted by Crippen LogP contribution is 2.09. The average Bonchev–Trinajstić information content (AvgIpc) is 2.97. The molecule has 0 unspecified atom stereocenters. The zero-order chi connectivity index (χ0) is 16.4. The van der Waals surface area contributed by atoms with Crippen LogP contribution in [0.3, 0.4) is 0 Å². The smallest absolute Gasteiger partial charge is 0.263 e. The number of aromatic nitrogens is 5. The molecule has 3 aromatic rings. The topological polar surface area (TPSA) is 94.7 Å². The van der Waals surface area contributed by atoms with Crippen LogP contribution in [0.25, 0.3) is 5.95 Å². The number of nitrogens with one attached hydrogen (secondary N) is 1. The number of amides is 1. The molecule has 0 aliphatic rings. The number of pyridine rings is 1. The molecule has 0 saturated heterocycles. The van der Waals surface area contributed by atoms with Crippen LogP contribution >= 0.6 is 0 Å². The maximum atomic E-state index is 12.2. The predicted molar refractivity (Wildman–Crippen MR) is 83.5 cm³/mol. The molecule has 0 radical (unpaired) electrons. The summed E-state index contributed by atoms with van der Waals surface area (Å²) < 4.78 is 3.06. The third kappa shape index (κ3) is 2.86. The summed E-state index contributed by atoms with van der Waals surface area (Å²) in [5, 5.41) is 2.61. The van der Waals surface area contributed by atoms with Crippen molar-refractivity contribution in [1.82, 2.24) is 24.1 Å². The van der Waals surface area contributed by atoms with Gasteiger partial charge in [0.05, 0.1) is 18.1 Å². The van der Waals surface area contributed by atoms with Crippen molar-refractivity contribution in [2.45, 2.75) is 6.92 Å². The molecule has 0 bridgehead atoms. The molecule has 3 aromatic heterocycles. The van der Waals surface area contributed by atoms with Crippen molar-refractivity contribution in [2.75, 3.05) is 5.32 Å². The summed E-state index contributed by atoms with van der Waals surface area (Å²) in [5.41, 5.74) is 0.100. The van der Waals surface area contributed by atoms with Crippen LogP contribution in [-0.4, -0.2) is 30.0 Å². The van der Waals surface area contributed by atoms with Gasteiger partial charge in [0, 0.05) is 25.6 Å². The summed E-state index contributed by atoms with van der Waals surface area (Å²) in [7, 11) is 1.59. The number of imidazole rings is 1. The number of nitrogens with zero attached hydrogens (tertiary/aromatic N) is 5. The van der Waals surface area contributed by atoms with Crippen LogP contribution < -0.4 is 10.9 Å². The monoisotopic (exact) mass is 310 g/mol. The standard InChI is InChI=1S/C15H14N6O2/c1-10-16-5-7-21(10)15-17-8-11(9-18-15)19-13(22)12-4-3-6-20(2)14(12)23/h3-9H,1-2H3,(H,19,22). The van der Waals surface area contributed by atoms with E-state index in [2.05, 4.69) is 20.3 Å². The summed E-state index contributed by atoms with van der Waals surface area (Å²) >= 11 is 0. The van der Waals surface area contributed by atoms with E-state index >= 15 is 0 Å². The minimum atomic E-state index is -0.499. The summed E-state index contributed by atoms with van der Waals surface area (Å²) in [6.07, 6.45) is 7.95. The summed E-state index contributed by atoms with van der Waals surface area (Å²) in [6.45, 7) is 1.84. The molecule has 3 rings (SSSR count). The molecule has 1 amide bonds. The van der Waals surface area contributed by atoms with Crippen LogP contribution in [0.15, 0.2) is 47.9 Å². The van der Waals surface area contributed by atoms with Crippen molar-refractivity contribution in [2.24, 2.45) is 7.05 Å². The number of aryl methyl sites for hydroxylation is 2. The van der Waals surface area contributed by atoms with Gasteiger partial charge in [-0.25, -0.2) is 15.0 Å². The minimum Gasteiger partial charge on any atom is -0.319 e. The van der Waals surface area contributed by atoms with Crippen molar-refractivity contribution in [3.05, 3.63) is 64.9 Å². The zero-order valence-corrected chi connectivity index (χ0v) is 12.6. The van der Waals surface area contributed by atoms with Crippen LogP contribution in [0.2, 0.25) is 0 Å². The molecule has 23 heavy (non-hydrogen) atoms. The van der Waals surface area contributed by atoms with Crippen molar-refractivity contribution >= 4 is 11.6 Å². The van der Waals surface area contributed by atoms with Gasteiger partial charge in [0.25, 0.3) is 11.5 Å². The van der Waals surface area contributed by atoms with E-state index in [1.54, 1.807) is 36.3 Å². The van der Waals surface area contributed by atoms with Gasteiger partial charge in [0.15, 0.2) is 0 Å². The van der Waals surface area contributed by atoms with E-state index in [4.69, 9.17) is 0 Å². The first-order valence-electron chi connectivity index (χ1n) is 6.85. The van der Waals surface area contributed by atoms with Crippen molar-refractivity contribution in [3.8, 4) is 5.95 Å². The Morgan fingerprint density at radius 2 is 1.91 bits per heavy atom. The van der Waals surface area contributed by atoms with Crippen LogP contribution in [0.4, 0.5) is 5.69 Å². The van der Waals surface area contributed by atoms with E-state index in [9.17, 15) is 9.59 Å². The largest absolute Gasteiger partial charge is 0.319 e. The van der Waals surface area contributed by atoms with Crippen LogP contribution in [0.1, 0.15) is 16.2 Å². The number of carbonyl (C=O) groups excluding carboxylic acids is 1. The second-order valence-corrected chi connectivity index (χ2v) is 4.91.